The Morgan fingerprint density at radius 1 is 1.39 bits per heavy atom. The summed E-state index contributed by atoms with van der Waals surface area (Å²) in [5, 5.41) is 0. The van der Waals surface area contributed by atoms with Gasteiger partial charge in [0, 0.05) is 18.5 Å². The topological polar surface area (TPSA) is 46.6 Å². The van der Waals surface area contributed by atoms with E-state index in [1.165, 1.54) is 6.08 Å². The Hall–Kier alpha value is -1.32. The Labute approximate surface area is 109 Å². The normalized spacial score (nSPS) is 24.6. The van der Waals surface area contributed by atoms with E-state index in [1.54, 1.807) is 4.90 Å². The predicted molar refractivity (Wildman–Crippen MR) is 70.3 cm³/mol. The molecule has 4 heteroatoms. The van der Waals surface area contributed by atoms with E-state index in [0.717, 1.165) is 0 Å². The molecule has 0 bridgehead atoms. The van der Waals surface area contributed by atoms with Crippen molar-refractivity contribution in [2.24, 2.45) is 5.92 Å². The summed E-state index contributed by atoms with van der Waals surface area (Å²) in [5.74, 6) is 0.0712. The first-order valence-electron chi connectivity index (χ1n) is 6.40. The number of carbonyl (C=O) groups is 2. The monoisotopic (exact) mass is 253 g/mol. The third-order valence-corrected chi connectivity index (χ3v) is 3.11. The van der Waals surface area contributed by atoms with Gasteiger partial charge in [0.25, 0.3) is 0 Å². The lowest BCUT2D eigenvalue weighted by Crippen LogP contribution is -2.47. The number of ketones is 1. The van der Waals surface area contributed by atoms with Crippen molar-refractivity contribution in [2.45, 2.75) is 52.2 Å². The highest BCUT2D eigenvalue weighted by atomic mass is 16.6. The van der Waals surface area contributed by atoms with Gasteiger partial charge in [-0.3, -0.25) is 4.79 Å². The molecule has 4 nitrogen and oxygen atoms in total. The summed E-state index contributed by atoms with van der Waals surface area (Å²) < 4.78 is 5.35. The van der Waals surface area contributed by atoms with E-state index in [9.17, 15) is 9.59 Å². The van der Waals surface area contributed by atoms with Crippen molar-refractivity contribution in [3.05, 3.63) is 12.7 Å². The minimum Gasteiger partial charge on any atom is -0.444 e. The largest absolute Gasteiger partial charge is 0.444 e. The number of hydrogen-bond donors (Lipinski definition) is 0. The second-order valence-corrected chi connectivity index (χ2v) is 5.85. The van der Waals surface area contributed by atoms with Crippen LogP contribution in [-0.4, -0.2) is 35.0 Å². The molecule has 1 heterocycles. The summed E-state index contributed by atoms with van der Waals surface area (Å²) in [6, 6.07) is 0.0301. The van der Waals surface area contributed by atoms with Crippen molar-refractivity contribution >= 4 is 11.9 Å². The Balaban J connectivity index is 2.60. The molecule has 18 heavy (non-hydrogen) atoms. The minimum absolute atomic E-state index is 0.00353. The van der Waals surface area contributed by atoms with E-state index in [0.29, 0.717) is 19.4 Å². The summed E-state index contributed by atoms with van der Waals surface area (Å²) in [6.07, 6.45) is 2.46. The molecule has 0 aromatic heterocycles. The third-order valence-electron chi connectivity index (χ3n) is 3.11. The smallest absolute Gasteiger partial charge is 0.410 e. The van der Waals surface area contributed by atoms with Crippen LogP contribution in [0.4, 0.5) is 4.79 Å². The van der Waals surface area contributed by atoms with Gasteiger partial charge in [0.2, 0.25) is 0 Å². The third kappa shape index (κ3) is 3.86. The summed E-state index contributed by atoms with van der Waals surface area (Å²) >= 11 is 0. The Morgan fingerprint density at radius 3 is 2.44 bits per heavy atom. The van der Waals surface area contributed by atoms with Crippen LogP contribution in [0, 0.1) is 5.92 Å². The summed E-state index contributed by atoms with van der Waals surface area (Å²) in [7, 11) is 0. The van der Waals surface area contributed by atoms with Crippen LogP contribution in [-0.2, 0) is 9.53 Å². The van der Waals surface area contributed by atoms with Crippen LogP contribution in [0.1, 0.15) is 40.5 Å². The molecule has 0 N–H and O–H groups in total. The molecule has 0 spiro atoms. The number of allylic oxidation sites excluding steroid dienone is 1. The number of carbonyl (C=O) groups excluding carboxylic acids is 2. The number of amides is 1. The molecule has 1 rings (SSSR count). The lowest BCUT2D eigenvalue weighted by Gasteiger charge is -2.37. The van der Waals surface area contributed by atoms with Crippen molar-refractivity contribution in [1.82, 2.24) is 4.90 Å². The molecule has 2 atom stereocenters. The van der Waals surface area contributed by atoms with E-state index < -0.39 is 5.60 Å². The van der Waals surface area contributed by atoms with Gasteiger partial charge in [-0.2, -0.15) is 0 Å². The van der Waals surface area contributed by atoms with Gasteiger partial charge in [0.1, 0.15) is 5.60 Å². The predicted octanol–water partition coefficient (Wildman–Crippen LogP) is 2.78. The molecule has 0 aromatic carbocycles. The zero-order valence-corrected chi connectivity index (χ0v) is 11.7. The summed E-state index contributed by atoms with van der Waals surface area (Å²) in [6.45, 7) is 11.6. The fourth-order valence-corrected chi connectivity index (χ4v) is 2.19. The van der Waals surface area contributed by atoms with Gasteiger partial charge < -0.3 is 9.64 Å². The highest BCUT2D eigenvalue weighted by molar-refractivity contribution is 5.91. The van der Waals surface area contributed by atoms with Gasteiger partial charge >= 0.3 is 6.09 Å². The molecule has 0 aliphatic carbocycles. The summed E-state index contributed by atoms with van der Waals surface area (Å²) in [4.78, 5) is 25.2. The quantitative estimate of drug-likeness (QED) is 0.711. The first kappa shape index (κ1) is 14.7. The van der Waals surface area contributed by atoms with Gasteiger partial charge in [0.15, 0.2) is 5.78 Å². The fourth-order valence-electron chi connectivity index (χ4n) is 2.19. The van der Waals surface area contributed by atoms with Crippen molar-refractivity contribution in [1.29, 1.82) is 0 Å². The molecule has 1 saturated heterocycles. The number of ether oxygens (including phenoxy) is 1. The SMILES string of the molecule is C=CC(=O)C1CCN(C(=O)OC(C)(C)C)C(C)C1. The molecule has 2 unspecified atom stereocenters. The van der Waals surface area contributed by atoms with Crippen LogP contribution >= 0.6 is 0 Å². The molecule has 0 saturated carbocycles. The van der Waals surface area contributed by atoms with Gasteiger partial charge in [0.05, 0.1) is 0 Å². The molecule has 102 valence electrons. The molecule has 1 aliphatic rings. The first-order valence-corrected chi connectivity index (χ1v) is 6.40. The molecule has 1 fully saturated rings. The van der Waals surface area contributed by atoms with Crippen molar-refractivity contribution < 1.29 is 14.3 Å². The first-order chi connectivity index (χ1) is 8.24. The number of nitrogens with zero attached hydrogens (tertiary/aromatic N) is 1. The Bertz CT molecular complexity index is 343. The zero-order chi connectivity index (χ0) is 13.9. The van der Waals surface area contributed by atoms with Crippen LogP contribution in [0.5, 0.6) is 0 Å². The van der Waals surface area contributed by atoms with Gasteiger partial charge in [-0.05, 0) is 46.6 Å². The van der Waals surface area contributed by atoms with E-state index in [1.807, 2.05) is 27.7 Å². The second-order valence-electron chi connectivity index (χ2n) is 5.85. The molecular formula is C14H23NO3. The fraction of sp³-hybridized carbons (Fsp3) is 0.714. The van der Waals surface area contributed by atoms with Gasteiger partial charge in [-0.25, -0.2) is 4.79 Å². The van der Waals surface area contributed by atoms with E-state index in [2.05, 4.69) is 6.58 Å². The van der Waals surface area contributed by atoms with Crippen molar-refractivity contribution in [3.8, 4) is 0 Å². The van der Waals surface area contributed by atoms with Crippen molar-refractivity contribution in [3.63, 3.8) is 0 Å². The highest BCUT2D eigenvalue weighted by Gasteiger charge is 2.33. The van der Waals surface area contributed by atoms with E-state index in [-0.39, 0.29) is 23.8 Å². The molecular weight excluding hydrogens is 230 g/mol. The zero-order valence-electron chi connectivity index (χ0n) is 11.7. The Kier molecular flexibility index (Phi) is 4.54. The molecule has 1 amide bonds. The standard InChI is InChI=1S/C14H23NO3/c1-6-12(16)11-7-8-15(10(2)9-11)13(17)18-14(3,4)5/h6,10-11H,1,7-9H2,2-5H3. The van der Waals surface area contributed by atoms with Crippen LogP contribution in [0.3, 0.4) is 0 Å². The Morgan fingerprint density at radius 2 is 2.00 bits per heavy atom. The van der Waals surface area contributed by atoms with E-state index >= 15 is 0 Å². The maximum absolute atomic E-state index is 12.0. The van der Waals surface area contributed by atoms with Crippen LogP contribution in [0.25, 0.3) is 0 Å². The average Bonchev–Trinajstić information content (AvgIpc) is 2.25. The average molecular weight is 253 g/mol. The summed E-state index contributed by atoms with van der Waals surface area (Å²) in [5.41, 5.74) is -0.482. The molecule has 1 aliphatic heterocycles. The second kappa shape index (κ2) is 5.55. The van der Waals surface area contributed by atoms with E-state index in [4.69, 9.17) is 4.74 Å². The number of rotatable bonds is 2. The van der Waals surface area contributed by atoms with Gasteiger partial charge in [-0.1, -0.05) is 6.58 Å². The number of likely N-dealkylation sites (tertiary alicyclic amines) is 1. The van der Waals surface area contributed by atoms with Crippen LogP contribution in [0.15, 0.2) is 12.7 Å². The lowest BCUT2D eigenvalue weighted by molar-refractivity contribution is -0.120. The van der Waals surface area contributed by atoms with Crippen molar-refractivity contribution in [2.75, 3.05) is 6.54 Å². The molecule has 0 radical (unpaired) electrons. The van der Waals surface area contributed by atoms with Crippen LogP contribution < -0.4 is 0 Å². The van der Waals surface area contributed by atoms with Gasteiger partial charge in [-0.15, -0.1) is 0 Å². The highest BCUT2D eigenvalue weighted by Crippen LogP contribution is 2.25. The number of piperidine rings is 1. The lowest BCUT2D eigenvalue weighted by atomic mass is 9.88. The maximum atomic E-state index is 12.0. The number of hydrogen-bond acceptors (Lipinski definition) is 3. The van der Waals surface area contributed by atoms with Crippen LogP contribution in [0.2, 0.25) is 0 Å². The minimum atomic E-state index is -0.482. The molecule has 0 aromatic rings. The maximum Gasteiger partial charge on any atom is 0.410 e.